The van der Waals surface area contributed by atoms with Crippen LogP contribution in [0.3, 0.4) is 0 Å². The van der Waals surface area contributed by atoms with Gasteiger partial charge < -0.3 is 38.9 Å². The van der Waals surface area contributed by atoms with E-state index in [0.29, 0.717) is 5.39 Å². The Labute approximate surface area is 179 Å². The first-order chi connectivity index (χ1) is 14.5. The van der Waals surface area contributed by atoms with Crippen LogP contribution in [0.4, 0.5) is 14.6 Å². The lowest BCUT2D eigenvalue weighted by atomic mass is 10.1. The van der Waals surface area contributed by atoms with E-state index in [4.69, 9.17) is 30.9 Å². The van der Waals surface area contributed by atoms with Gasteiger partial charge in [-0.15, -0.1) is 0 Å². The first kappa shape index (κ1) is 22.7. The molecule has 2 aliphatic rings. The van der Waals surface area contributed by atoms with E-state index in [1.54, 1.807) is 6.07 Å². The Kier molecular flexibility index (Phi) is 5.99. The molecule has 0 unspecified atom stereocenters. The Bertz CT molecular complexity index is 1020. The molecule has 0 aliphatic carbocycles. The summed E-state index contributed by atoms with van der Waals surface area (Å²) in [5.74, 6) is -2.62. The zero-order valence-corrected chi connectivity index (χ0v) is 17.5. The lowest BCUT2D eigenvalue weighted by molar-refractivity contribution is -0.0610. The van der Waals surface area contributed by atoms with Gasteiger partial charge in [-0.05, 0) is 17.7 Å². The highest BCUT2D eigenvalue weighted by Gasteiger charge is 2.45. The molecule has 0 bridgehead atoms. The highest BCUT2D eigenvalue weighted by atomic mass is 35.5. The minimum absolute atomic E-state index is 0.0842. The van der Waals surface area contributed by atoms with Crippen molar-refractivity contribution in [3.8, 4) is 0 Å². The van der Waals surface area contributed by atoms with Gasteiger partial charge in [0.15, 0.2) is 6.23 Å². The maximum absolute atomic E-state index is 13.7. The molecule has 11 nitrogen and oxygen atoms in total. The summed E-state index contributed by atoms with van der Waals surface area (Å²) < 4.78 is 50.2. The summed E-state index contributed by atoms with van der Waals surface area (Å²) >= 11 is 6.02. The number of anilines is 1. The van der Waals surface area contributed by atoms with E-state index in [2.05, 4.69) is 9.97 Å². The zero-order valence-electron chi connectivity index (χ0n) is 15.9. The van der Waals surface area contributed by atoms with Gasteiger partial charge in [0.25, 0.3) is 5.92 Å². The van der Waals surface area contributed by atoms with Crippen LogP contribution in [-0.2, 0) is 14.0 Å². The number of halogens is 3. The maximum Gasteiger partial charge on any atom is 0.350 e. The van der Waals surface area contributed by atoms with Crippen molar-refractivity contribution < 1.29 is 42.8 Å². The van der Waals surface area contributed by atoms with E-state index in [1.807, 2.05) is 0 Å². The highest BCUT2D eigenvalue weighted by Crippen LogP contribution is 2.38. The Morgan fingerprint density at radius 1 is 1.32 bits per heavy atom. The molecule has 0 aromatic carbocycles. The van der Waals surface area contributed by atoms with Crippen LogP contribution in [0.25, 0.3) is 11.0 Å². The van der Waals surface area contributed by atoms with Crippen molar-refractivity contribution in [1.29, 1.82) is 0 Å². The van der Waals surface area contributed by atoms with Crippen LogP contribution in [0.5, 0.6) is 0 Å². The number of hydrogen-bond acceptors (Lipinski definition) is 8. The normalized spacial score (nSPS) is 28.7. The Morgan fingerprint density at radius 3 is 2.71 bits per heavy atom. The number of hydrogen-bond donors (Lipinski definition) is 4. The minimum Gasteiger partial charge on any atom is -0.387 e. The maximum atomic E-state index is 13.7. The number of fused-ring (bicyclic) bond motifs is 1. The molecule has 4 rings (SSSR count). The molecule has 0 spiro atoms. The van der Waals surface area contributed by atoms with Crippen molar-refractivity contribution in [2.75, 3.05) is 30.9 Å². The van der Waals surface area contributed by atoms with Gasteiger partial charge in [0, 0.05) is 19.2 Å². The van der Waals surface area contributed by atoms with Crippen LogP contribution < -0.4 is 4.90 Å². The highest BCUT2D eigenvalue weighted by molar-refractivity contribution is 7.51. The third-order valence-electron chi connectivity index (χ3n) is 5.15. The van der Waals surface area contributed by atoms with Gasteiger partial charge in [-0.3, -0.25) is 4.57 Å². The van der Waals surface area contributed by atoms with Crippen molar-refractivity contribution >= 4 is 36.0 Å². The van der Waals surface area contributed by atoms with Gasteiger partial charge >= 0.3 is 7.60 Å². The van der Waals surface area contributed by atoms with E-state index in [0.717, 1.165) is 0 Å². The average Bonchev–Trinajstić information content (AvgIpc) is 3.31. The zero-order chi connectivity index (χ0) is 22.6. The van der Waals surface area contributed by atoms with Gasteiger partial charge in [-0.2, -0.15) is 9.97 Å². The van der Waals surface area contributed by atoms with E-state index in [9.17, 15) is 23.6 Å². The minimum atomic E-state index is -4.40. The van der Waals surface area contributed by atoms with Crippen LogP contribution in [0.15, 0.2) is 12.3 Å². The Balaban J connectivity index is 1.59. The number of rotatable bonds is 6. The van der Waals surface area contributed by atoms with Crippen LogP contribution in [0, 0.1) is 0 Å². The van der Waals surface area contributed by atoms with E-state index < -0.39 is 51.0 Å². The molecule has 0 amide bonds. The van der Waals surface area contributed by atoms with Crippen molar-refractivity contribution in [2.45, 2.75) is 36.9 Å². The van der Waals surface area contributed by atoms with Gasteiger partial charge in [-0.1, -0.05) is 0 Å². The third kappa shape index (κ3) is 4.69. The number of aliphatic hydroxyl groups is 2. The van der Waals surface area contributed by atoms with Crippen LogP contribution >= 0.6 is 19.2 Å². The first-order valence-electron chi connectivity index (χ1n) is 9.26. The molecule has 4 atom stereocenters. The van der Waals surface area contributed by atoms with Crippen LogP contribution in [-0.4, -0.2) is 84.8 Å². The van der Waals surface area contributed by atoms with Gasteiger partial charge in [0.2, 0.25) is 5.28 Å². The van der Waals surface area contributed by atoms with Gasteiger partial charge in [0.05, 0.1) is 18.5 Å². The molecule has 172 valence electrons. The molecule has 2 aliphatic heterocycles. The second-order valence-corrected chi connectivity index (χ2v) is 9.44. The largest absolute Gasteiger partial charge is 0.387 e. The predicted molar refractivity (Wildman–Crippen MR) is 103 cm³/mol. The molecule has 0 radical (unpaired) electrons. The molecule has 2 aromatic rings. The molecule has 15 heteroatoms. The molecular weight excluding hydrogens is 465 g/mol. The van der Waals surface area contributed by atoms with Crippen molar-refractivity contribution in [1.82, 2.24) is 14.5 Å². The molecular formula is C16H20ClF2N4O7P. The van der Waals surface area contributed by atoms with Crippen LogP contribution in [0.2, 0.25) is 5.28 Å². The van der Waals surface area contributed by atoms with Gasteiger partial charge in [-0.25, -0.2) is 8.78 Å². The number of aliphatic hydroxyl groups excluding tert-OH is 2. The quantitative estimate of drug-likeness (QED) is 0.341. The summed E-state index contributed by atoms with van der Waals surface area (Å²) in [5.41, 5.74) is 0.207. The van der Waals surface area contributed by atoms with E-state index >= 15 is 0 Å². The second-order valence-electron chi connectivity index (χ2n) is 7.51. The fraction of sp³-hybridized carbons (Fsp3) is 0.625. The smallest absolute Gasteiger partial charge is 0.350 e. The van der Waals surface area contributed by atoms with Crippen molar-refractivity contribution in [3.05, 3.63) is 17.5 Å². The summed E-state index contributed by atoms with van der Waals surface area (Å²) in [4.78, 5) is 27.3. The topological polar surface area (TPSA) is 150 Å². The molecule has 2 fully saturated rings. The summed E-state index contributed by atoms with van der Waals surface area (Å²) in [7, 11) is -4.40. The summed E-state index contributed by atoms with van der Waals surface area (Å²) in [5, 5.41) is 20.9. The SMILES string of the molecule is O=P(O)(O)COC[C@H]1O[C@@H](n2ccc3c(N4CCC(F)(F)C4)nc(Cl)nc32)[C@H](O)[C@@H]1O. The lowest BCUT2D eigenvalue weighted by Gasteiger charge is -2.20. The second kappa shape index (κ2) is 8.16. The Morgan fingerprint density at radius 2 is 2.06 bits per heavy atom. The predicted octanol–water partition coefficient (Wildman–Crippen LogP) is 0.701. The molecule has 2 saturated heterocycles. The Hall–Kier alpha value is -1.44. The monoisotopic (exact) mass is 484 g/mol. The fourth-order valence-electron chi connectivity index (χ4n) is 3.74. The third-order valence-corrected chi connectivity index (χ3v) is 5.83. The summed E-state index contributed by atoms with van der Waals surface area (Å²) in [6.45, 7) is -0.801. The van der Waals surface area contributed by atoms with E-state index in [1.165, 1.54) is 15.7 Å². The first-order valence-corrected chi connectivity index (χ1v) is 11.4. The number of aromatic nitrogens is 3. The number of alkyl halides is 2. The summed E-state index contributed by atoms with van der Waals surface area (Å²) in [6.07, 6.45) is -4.72. The molecule has 31 heavy (non-hydrogen) atoms. The fourth-order valence-corrected chi connectivity index (χ4v) is 4.24. The van der Waals surface area contributed by atoms with Crippen LogP contribution in [0.1, 0.15) is 12.6 Å². The van der Waals surface area contributed by atoms with Gasteiger partial charge in [0.1, 0.15) is 36.1 Å². The number of nitrogens with zero attached hydrogens (tertiary/aromatic N) is 4. The molecule has 4 heterocycles. The number of ether oxygens (including phenoxy) is 2. The molecule has 0 saturated carbocycles. The summed E-state index contributed by atoms with van der Waals surface area (Å²) in [6, 6.07) is 1.57. The lowest BCUT2D eigenvalue weighted by Crippen LogP contribution is -2.34. The van der Waals surface area contributed by atoms with E-state index in [-0.39, 0.29) is 36.3 Å². The van der Waals surface area contributed by atoms with Crippen molar-refractivity contribution in [2.24, 2.45) is 0 Å². The molecule has 4 N–H and O–H groups in total. The molecule has 2 aromatic heterocycles. The average molecular weight is 485 g/mol. The van der Waals surface area contributed by atoms with Crippen molar-refractivity contribution in [3.63, 3.8) is 0 Å². The standard InChI is InChI=1S/C16H20ClF2N4O7P/c17-15-20-12(22-4-2-16(18,19)6-22)8-1-3-23(13(8)21-15)14-11(25)10(24)9(30-14)5-29-7-31(26,27)28/h1,3,9-11,14,24-25H,2,4-7H2,(H2,26,27,28)/t9-,10-,11-,14-/m1/s1.